The van der Waals surface area contributed by atoms with Crippen molar-refractivity contribution in [3.63, 3.8) is 0 Å². The highest BCUT2D eigenvalue weighted by Gasteiger charge is 2.12. The summed E-state index contributed by atoms with van der Waals surface area (Å²) < 4.78 is 5.17. The Bertz CT molecular complexity index is 438. The molecule has 0 saturated carbocycles. The summed E-state index contributed by atoms with van der Waals surface area (Å²) in [5.41, 5.74) is 1.76. The molecule has 0 spiro atoms. The van der Waals surface area contributed by atoms with Gasteiger partial charge in [0.05, 0.1) is 18.0 Å². The molecule has 0 bridgehead atoms. The average Bonchev–Trinajstić information content (AvgIpc) is 2.28. The number of amides is 1. The second kappa shape index (κ2) is 6.02. The molecule has 0 aliphatic carbocycles. The lowest BCUT2D eigenvalue weighted by molar-refractivity contribution is -0.384. The number of halogens is 1. The lowest BCUT2D eigenvalue weighted by atomic mass is 10.3. The second-order valence-corrected chi connectivity index (χ2v) is 3.44. The first-order valence-electron chi connectivity index (χ1n) is 4.60. The molecule has 0 atom stereocenters. The van der Waals surface area contributed by atoms with Crippen LogP contribution in [0.1, 0.15) is 6.42 Å². The van der Waals surface area contributed by atoms with Crippen LogP contribution in [0.3, 0.4) is 0 Å². The minimum atomic E-state index is -0.589. The van der Waals surface area contributed by atoms with Crippen molar-refractivity contribution in [3.8, 4) is 5.75 Å². The van der Waals surface area contributed by atoms with Crippen molar-refractivity contribution < 1.29 is 14.5 Å². The zero-order valence-electron chi connectivity index (χ0n) is 8.68. The molecule has 0 unspecified atom stereocenters. The van der Waals surface area contributed by atoms with Crippen LogP contribution in [0, 0.1) is 10.1 Å². The second-order valence-electron chi connectivity index (χ2n) is 3.04. The Morgan fingerprint density at radius 1 is 1.59 bits per heavy atom. The predicted octanol–water partition coefficient (Wildman–Crippen LogP) is 1.01. The summed E-state index contributed by atoms with van der Waals surface area (Å²) in [5.74, 6) is 4.87. The quantitative estimate of drug-likeness (QED) is 0.355. The van der Waals surface area contributed by atoms with Gasteiger partial charge >= 0.3 is 0 Å². The lowest BCUT2D eigenvalue weighted by Crippen LogP contribution is -2.31. The van der Waals surface area contributed by atoms with Crippen molar-refractivity contribution in [2.75, 3.05) is 6.61 Å². The van der Waals surface area contributed by atoms with Gasteiger partial charge in [0.25, 0.3) is 5.69 Å². The summed E-state index contributed by atoms with van der Waals surface area (Å²) in [6, 6.07) is 3.96. The minimum Gasteiger partial charge on any atom is -0.493 e. The molecule has 0 aliphatic rings. The highest BCUT2D eigenvalue weighted by atomic mass is 35.5. The summed E-state index contributed by atoms with van der Waals surface area (Å²) in [7, 11) is 0. The van der Waals surface area contributed by atoms with E-state index < -0.39 is 4.92 Å². The molecule has 92 valence electrons. The topological polar surface area (TPSA) is 107 Å². The number of nitrogens with one attached hydrogen (secondary N) is 1. The Balaban J connectivity index is 2.59. The molecule has 7 nitrogen and oxygen atoms in total. The number of nitro groups is 1. The van der Waals surface area contributed by atoms with Crippen molar-refractivity contribution >= 4 is 23.2 Å². The van der Waals surface area contributed by atoms with Crippen molar-refractivity contribution in [2.45, 2.75) is 6.42 Å². The van der Waals surface area contributed by atoms with E-state index >= 15 is 0 Å². The van der Waals surface area contributed by atoms with Gasteiger partial charge in [-0.1, -0.05) is 11.6 Å². The third kappa shape index (κ3) is 3.89. The van der Waals surface area contributed by atoms with Crippen molar-refractivity contribution in [3.05, 3.63) is 33.3 Å². The third-order valence-corrected chi connectivity index (χ3v) is 2.18. The zero-order valence-corrected chi connectivity index (χ0v) is 9.44. The number of ether oxygens (including phenoxy) is 1. The fourth-order valence-corrected chi connectivity index (χ4v) is 1.30. The Hall–Kier alpha value is -1.86. The smallest absolute Gasteiger partial charge is 0.288 e. The first-order chi connectivity index (χ1) is 8.04. The molecule has 1 amide bonds. The van der Waals surface area contributed by atoms with E-state index in [0.29, 0.717) is 5.75 Å². The molecule has 0 aromatic heterocycles. The molecule has 1 aromatic carbocycles. The number of carbonyl (C=O) groups excluding carboxylic acids is 1. The molecule has 0 fully saturated rings. The highest BCUT2D eigenvalue weighted by Crippen LogP contribution is 2.28. The van der Waals surface area contributed by atoms with Gasteiger partial charge in [-0.05, 0) is 6.07 Å². The number of nitrogens with two attached hydrogens (primary N) is 1. The van der Waals surface area contributed by atoms with Crippen LogP contribution in [-0.4, -0.2) is 17.4 Å². The number of rotatable bonds is 5. The minimum absolute atomic E-state index is 0.0178. The molecule has 0 aliphatic heterocycles. The van der Waals surface area contributed by atoms with Crippen LogP contribution in [0.15, 0.2) is 18.2 Å². The zero-order chi connectivity index (χ0) is 12.8. The van der Waals surface area contributed by atoms with Crippen LogP contribution in [-0.2, 0) is 4.79 Å². The van der Waals surface area contributed by atoms with Gasteiger partial charge in [-0.2, -0.15) is 0 Å². The summed E-state index contributed by atoms with van der Waals surface area (Å²) in [6.45, 7) is 0.108. The normalized spacial score (nSPS) is 9.76. The number of hydrazine groups is 1. The van der Waals surface area contributed by atoms with E-state index in [0.717, 1.165) is 0 Å². The van der Waals surface area contributed by atoms with Crippen LogP contribution in [0.5, 0.6) is 5.75 Å². The van der Waals surface area contributed by atoms with E-state index in [1.165, 1.54) is 18.2 Å². The van der Waals surface area contributed by atoms with Gasteiger partial charge in [-0.3, -0.25) is 20.3 Å². The van der Waals surface area contributed by atoms with Gasteiger partial charge in [0.2, 0.25) is 5.91 Å². The fourth-order valence-electron chi connectivity index (χ4n) is 1.06. The number of benzene rings is 1. The van der Waals surface area contributed by atoms with Crippen molar-refractivity contribution in [2.24, 2.45) is 5.84 Å². The first kappa shape index (κ1) is 13.2. The first-order valence-corrected chi connectivity index (χ1v) is 4.98. The van der Waals surface area contributed by atoms with Crippen LogP contribution < -0.4 is 16.0 Å². The van der Waals surface area contributed by atoms with E-state index in [1.807, 2.05) is 5.43 Å². The summed E-state index contributed by atoms with van der Waals surface area (Å²) in [6.07, 6.45) is 0.0884. The van der Waals surface area contributed by atoms with Gasteiger partial charge < -0.3 is 4.74 Å². The fraction of sp³-hybridized carbons (Fsp3) is 0.222. The van der Waals surface area contributed by atoms with E-state index in [4.69, 9.17) is 22.2 Å². The molecule has 0 radical (unpaired) electrons. The number of hydrogen-bond donors (Lipinski definition) is 2. The molecule has 3 N–H and O–H groups in total. The highest BCUT2D eigenvalue weighted by molar-refractivity contribution is 6.32. The molecule has 1 rings (SSSR count). The largest absolute Gasteiger partial charge is 0.493 e. The van der Waals surface area contributed by atoms with Crippen LogP contribution >= 0.6 is 11.6 Å². The molecular formula is C9H10ClN3O4. The SMILES string of the molecule is NNC(=O)CCOc1ccc([N+](=O)[O-])c(Cl)c1. The number of nitrogens with zero attached hydrogens (tertiary/aromatic N) is 1. The van der Waals surface area contributed by atoms with Crippen LogP contribution in [0.2, 0.25) is 5.02 Å². The molecule has 0 saturated heterocycles. The maximum absolute atomic E-state index is 10.8. The summed E-state index contributed by atoms with van der Waals surface area (Å²) >= 11 is 5.67. The van der Waals surface area contributed by atoms with E-state index in [-0.39, 0.29) is 29.6 Å². The van der Waals surface area contributed by atoms with E-state index in [2.05, 4.69) is 0 Å². The Morgan fingerprint density at radius 3 is 2.82 bits per heavy atom. The molecule has 8 heteroatoms. The summed E-state index contributed by atoms with van der Waals surface area (Å²) in [4.78, 5) is 20.7. The number of carbonyl (C=O) groups is 1. The van der Waals surface area contributed by atoms with Gasteiger partial charge in [0, 0.05) is 12.1 Å². The van der Waals surface area contributed by atoms with Gasteiger partial charge in [-0.25, -0.2) is 5.84 Å². The lowest BCUT2D eigenvalue weighted by Gasteiger charge is -2.05. The van der Waals surface area contributed by atoms with Gasteiger partial charge in [0.15, 0.2) is 0 Å². The van der Waals surface area contributed by atoms with E-state index in [1.54, 1.807) is 0 Å². The van der Waals surface area contributed by atoms with E-state index in [9.17, 15) is 14.9 Å². The maximum atomic E-state index is 10.8. The number of hydrogen-bond acceptors (Lipinski definition) is 5. The van der Waals surface area contributed by atoms with Gasteiger partial charge in [0.1, 0.15) is 10.8 Å². The third-order valence-electron chi connectivity index (χ3n) is 1.87. The summed E-state index contributed by atoms with van der Waals surface area (Å²) in [5, 5.41) is 10.5. The molecule has 17 heavy (non-hydrogen) atoms. The molecule has 1 aromatic rings. The number of nitro benzene ring substituents is 1. The standard InChI is InChI=1S/C9H10ClN3O4/c10-7-5-6(1-2-8(7)13(15)16)17-4-3-9(14)12-11/h1-2,5H,3-4,11H2,(H,12,14). The van der Waals surface area contributed by atoms with Crippen molar-refractivity contribution in [1.29, 1.82) is 0 Å². The van der Waals surface area contributed by atoms with Crippen LogP contribution in [0.4, 0.5) is 5.69 Å². The van der Waals surface area contributed by atoms with Crippen molar-refractivity contribution in [1.82, 2.24) is 5.43 Å². The molecule has 0 heterocycles. The molecular weight excluding hydrogens is 250 g/mol. The monoisotopic (exact) mass is 259 g/mol. The average molecular weight is 260 g/mol. The predicted molar refractivity (Wildman–Crippen MR) is 60.5 cm³/mol. The Kier molecular flexibility index (Phi) is 4.68. The maximum Gasteiger partial charge on any atom is 0.288 e. The Morgan fingerprint density at radius 2 is 2.29 bits per heavy atom. The van der Waals surface area contributed by atoms with Crippen LogP contribution in [0.25, 0.3) is 0 Å². The van der Waals surface area contributed by atoms with Gasteiger partial charge in [-0.15, -0.1) is 0 Å². The Labute approximate surface area is 102 Å².